The summed E-state index contributed by atoms with van der Waals surface area (Å²) in [5.74, 6) is -0.537. The van der Waals surface area contributed by atoms with Crippen LogP contribution in [-0.2, 0) is 9.57 Å². The Kier molecular flexibility index (Phi) is 12.5. The summed E-state index contributed by atoms with van der Waals surface area (Å²) in [5, 5.41) is 33.4. The highest BCUT2D eigenvalue weighted by Crippen LogP contribution is 2.61. The molecule has 3 aliphatic rings. The average Bonchev–Trinajstić information content (AvgIpc) is 3.14. The van der Waals surface area contributed by atoms with E-state index in [0.29, 0.717) is 48.5 Å². The summed E-state index contributed by atoms with van der Waals surface area (Å²) in [7, 11) is 3.28. The van der Waals surface area contributed by atoms with Gasteiger partial charge in [-0.05, 0) is 85.6 Å². The number of carbonyl (C=O) groups excluding carboxylic acids is 1. The fourth-order valence-corrected chi connectivity index (χ4v) is 8.12. The molecular weight excluding hydrogens is 634 g/mol. The van der Waals surface area contributed by atoms with E-state index < -0.39 is 17.7 Å². The zero-order valence-corrected chi connectivity index (χ0v) is 29.1. The quantitative estimate of drug-likeness (QED) is 0.115. The molecule has 6 unspecified atom stereocenters. The van der Waals surface area contributed by atoms with Crippen molar-refractivity contribution in [2.75, 3.05) is 40.6 Å². The van der Waals surface area contributed by atoms with Gasteiger partial charge in [0.05, 0.1) is 29.9 Å². The maximum Gasteiger partial charge on any atom is 0.254 e. The van der Waals surface area contributed by atoms with E-state index in [9.17, 15) is 20.3 Å². The van der Waals surface area contributed by atoms with Crippen LogP contribution in [0, 0.1) is 29.1 Å². The fourth-order valence-electron chi connectivity index (χ4n) is 8.12. The Morgan fingerprint density at radius 3 is 2.46 bits per heavy atom. The smallest absolute Gasteiger partial charge is 0.254 e. The van der Waals surface area contributed by atoms with Gasteiger partial charge in [0.25, 0.3) is 5.91 Å². The van der Waals surface area contributed by atoms with Crippen molar-refractivity contribution in [2.24, 2.45) is 22.9 Å². The Bertz CT molecular complexity index is 1610. The van der Waals surface area contributed by atoms with Crippen LogP contribution in [0.1, 0.15) is 72.3 Å². The number of nitrogens with zero attached hydrogens (tertiary/aromatic N) is 3. The molecule has 1 saturated carbocycles. The summed E-state index contributed by atoms with van der Waals surface area (Å²) >= 11 is 0. The van der Waals surface area contributed by atoms with Crippen molar-refractivity contribution < 1.29 is 34.1 Å². The van der Waals surface area contributed by atoms with E-state index in [1.807, 2.05) is 12.1 Å². The molecule has 0 spiro atoms. The van der Waals surface area contributed by atoms with Crippen molar-refractivity contribution in [1.82, 2.24) is 4.90 Å². The van der Waals surface area contributed by atoms with Crippen LogP contribution < -0.4 is 9.47 Å². The molecule has 1 heterocycles. The number of allylic oxidation sites excluding steroid dienone is 1. The molecule has 0 bridgehead atoms. The molecule has 266 valence electrons. The van der Waals surface area contributed by atoms with Crippen LogP contribution in [-0.4, -0.2) is 79.1 Å². The lowest BCUT2D eigenvalue weighted by Crippen LogP contribution is -2.69. The highest BCUT2D eigenvalue weighted by molar-refractivity contribution is 6.03. The van der Waals surface area contributed by atoms with Gasteiger partial charge in [-0.3, -0.25) is 4.79 Å². The number of nitriles is 1. The minimum atomic E-state index is -1.34. The Hall–Kier alpha value is -4.43. The number of aliphatic hydroxyl groups is 2. The number of oxime groups is 1. The molecule has 0 aromatic heterocycles. The number of carbonyl (C=O) groups is 1. The molecule has 2 aromatic carbocycles. The van der Waals surface area contributed by atoms with Crippen molar-refractivity contribution >= 4 is 11.6 Å². The first kappa shape index (κ1) is 36.8. The highest BCUT2D eigenvalue weighted by Gasteiger charge is 2.65. The molecule has 2 aliphatic carbocycles. The minimum Gasteiger partial charge on any atom is -0.490 e. The summed E-state index contributed by atoms with van der Waals surface area (Å²) < 4.78 is 20.0. The lowest BCUT2D eigenvalue weighted by atomic mass is 9.55. The van der Waals surface area contributed by atoms with Gasteiger partial charge in [0.1, 0.15) is 31.3 Å². The summed E-state index contributed by atoms with van der Waals surface area (Å²) in [5.41, 5.74) is 3.57. The van der Waals surface area contributed by atoms with Crippen LogP contribution in [0.2, 0.25) is 0 Å². The van der Waals surface area contributed by atoms with Crippen molar-refractivity contribution in [1.29, 1.82) is 5.26 Å². The number of hydrogen-bond donors (Lipinski definition) is 2. The Morgan fingerprint density at radius 2 is 1.80 bits per heavy atom. The predicted octanol–water partition coefficient (Wildman–Crippen LogP) is 6.16. The van der Waals surface area contributed by atoms with E-state index in [4.69, 9.17) is 19.0 Å². The van der Waals surface area contributed by atoms with Gasteiger partial charge < -0.3 is 34.2 Å². The van der Waals surface area contributed by atoms with Crippen LogP contribution in [0.5, 0.6) is 11.5 Å². The largest absolute Gasteiger partial charge is 0.490 e. The predicted molar refractivity (Wildman–Crippen MR) is 191 cm³/mol. The molecule has 5 rings (SSSR count). The van der Waals surface area contributed by atoms with E-state index in [1.54, 1.807) is 48.4 Å². The topological polar surface area (TPSA) is 134 Å². The normalized spacial score (nSPS) is 25.6. The SMILES string of the molecule is C=CCOc1ccc2c(c1)C1C(CCCCO)C(CCCCO)C=C3C(=NOC)CC(N(C)C(=O)c4ccc(C#N)cc4)C(OCC=C)(O2)C31. The lowest BCUT2D eigenvalue weighted by molar-refractivity contribution is -0.252. The zero-order valence-electron chi connectivity index (χ0n) is 29.1. The third-order valence-corrected chi connectivity index (χ3v) is 10.3. The van der Waals surface area contributed by atoms with Gasteiger partial charge in [0.15, 0.2) is 0 Å². The maximum atomic E-state index is 14.2. The minimum absolute atomic E-state index is 0.109. The highest BCUT2D eigenvalue weighted by atomic mass is 16.7. The van der Waals surface area contributed by atoms with Gasteiger partial charge in [0.2, 0.25) is 5.79 Å². The van der Waals surface area contributed by atoms with Crippen LogP contribution in [0.25, 0.3) is 0 Å². The van der Waals surface area contributed by atoms with Crippen molar-refractivity contribution in [2.45, 2.75) is 62.7 Å². The molecule has 50 heavy (non-hydrogen) atoms. The molecule has 1 aliphatic heterocycles. The maximum absolute atomic E-state index is 14.2. The molecule has 10 heteroatoms. The number of benzene rings is 2. The van der Waals surface area contributed by atoms with Crippen LogP contribution >= 0.6 is 0 Å². The number of hydrogen-bond acceptors (Lipinski definition) is 9. The second-order valence-electron chi connectivity index (χ2n) is 13.2. The fraction of sp³-hybridized carbons (Fsp3) is 0.475. The molecule has 1 amide bonds. The zero-order chi connectivity index (χ0) is 35.7. The molecule has 6 atom stereocenters. The number of fused-ring (bicyclic) bond motifs is 2. The average molecular weight is 684 g/mol. The summed E-state index contributed by atoms with van der Waals surface area (Å²) in [6.07, 6.45) is 10.8. The first-order valence-corrected chi connectivity index (χ1v) is 17.5. The second kappa shape index (κ2) is 17.0. The van der Waals surface area contributed by atoms with Crippen LogP contribution in [0.15, 0.2) is 84.6 Å². The van der Waals surface area contributed by atoms with Gasteiger partial charge in [0, 0.05) is 43.7 Å². The number of likely N-dealkylation sites (N-methyl/N-ethyl adjacent to an activating group) is 1. The van der Waals surface area contributed by atoms with Gasteiger partial charge in [-0.15, -0.1) is 6.58 Å². The third-order valence-electron chi connectivity index (χ3n) is 10.3. The lowest BCUT2D eigenvalue weighted by Gasteiger charge is -2.59. The standard InChI is InChI=1S/C40H49N3O7/c1-5-21-48-30-17-18-35-33(24-30)37-31(12-8-10-20-45)29(11-7-9-19-44)23-32-34(42-47-4)25-36(40(50-35,38(32)37)49-22-6-2)43(3)39(46)28-15-13-27(26-41)14-16-28/h5-6,13-18,23-24,29,31,36-38,44-45H,1-2,7-12,19-22,25H2,3-4H3. The number of ether oxygens (including phenoxy) is 3. The van der Waals surface area contributed by atoms with E-state index in [2.05, 4.69) is 36.5 Å². The van der Waals surface area contributed by atoms with E-state index >= 15 is 0 Å². The summed E-state index contributed by atoms with van der Waals surface area (Å²) in [6.45, 7) is 8.52. The first-order chi connectivity index (χ1) is 24.4. The summed E-state index contributed by atoms with van der Waals surface area (Å²) in [6, 6.07) is 13.9. The van der Waals surface area contributed by atoms with Crippen molar-refractivity contribution in [3.8, 4) is 17.6 Å². The Labute approximate surface area is 295 Å². The molecular formula is C40H49N3O7. The number of unbranched alkanes of at least 4 members (excludes halogenated alkanes) is 2. The first-order valence-electron chi connectivity index (χ1n) is 17.5. The van der Waals surface area contributed by atoms with Crippen LogP contribution in [0.4, 0.5) is 0 Å². The number of rotatable bonds is 17. The van der Waals surface area contributed by atoms with E-state index in [0.717, 1.165) is 42.5 Å². The number of amides is 1. The molecule has 2 N–H and O–H groups in total. The second-order valence-corrected chi connectivity index (χ2v) is 13.2. The monoisotopic (exact) mass is 683 g/mol. The summed E-state index contributed by atoms with van der Waals surface area (Å²) in [4.78, 5) is 21.4. The van der Waals surface area contributed by atoms with Crippen molar-refractivity contribution in [3.05, 3.63) is 96.1 Å². The van der Waals surface area contributed by atoms with E-state index in [-0.39, 0.29) is 43.5 Å². The third kappa shape index (κ3) is 7.36. The number of aliphatic hydroxyl groups excluding tert-OH is 2. The molecule has 10 nitrogen and oxygen atoms in total. The molecule has 2 aromatic rings. The Balaban J connectivity index is 1.74. The van der Waals surface area contributed by atoms with Gasteiger partial charge in [-0.25, -0.2) is 0 Å². The van der Waals surface area contributed by atoms with Gasteiger partial charge >= 0.3 is 0 Å². The molecule has 0 saturated heterocycles. The van der Waals surface area contributed by atoms with Gasteiger partial charge in [-0.2, -0.15) is 5.26 Å². The van der Waals surface area contributed by atoms with Crippen LogP contribution in [0.3, 0.4) is 0 Å². The van der Waals surface area contributed by atoms with Gasteiger partial charge in [-0.1, -0.05) is 42.8 Å². The van der Waals surface area contributed by atoms with Crippen molar-refractivity contribution in [3.63, 3.8) is 0 Å². The van der Waals surface area contributed by atoms with E-state index in [1.165, 1.54) is 7.11 Å². The Morgan fingerprint density at radius 1 is 1.08 bits per heavy atom. The molecule has 0 radical (unpaired) electrons. The molecule has 1 fully saturated rings.